The third-order valence-corrected chi connectivity index (χ3v) is 5.73. The Kier molecular flexibility index (Phi) is 8.71. The van der Waals surface area contributed by atoms with Gasteiger partial charge >= 0.3 is 0 Å². The van der Waals surface area contributed by atoms with Crippen molar-refractivity contribution in [3.8, 4) is 0 Å². The van der Waals surface area contributed by atoms with Gasteiger partial charge in [0.05, 0.1) is 16.2 Å². The van der Waals surface area contributed by atoms with Gasteiger partial charge in [0, 0.05) is 25.3 Å². The Balaban J connectivity index is 2.10. The molecule has 1 fully saturated rings. The van der Waals surface area contributed by atoms with E-state index in [4.69, 9.17) is 23.2 Å². The fourth-order valence-electron chi connectivity index (χ4n) is 3.54. The highest BCUT2D eigenvalue weighted by Crippen LogP contribution is 2.27. The number of halogens is 1. The van der Waals surface area contributed by atoms with Crippen molar-refractivity contribution in [3.63, 3.8) is 0 Å². The van der Waals surface area contributed by atoms with E-state index in [1.54, 1.807) is 17.1 Å². The van der Waals surface area contributed by atoms with Crippen LogP contribution in [0.15, 0.2) is 36.6 Å². The number of hydrogen-bond acceptors (Lipinski definition) is 5. The van der Waals surface area contributed by atoms with E-state index >= 15 is 0 Å². The zero-order valence-electron chi connectivity index (χ0n) is 17.2. The van der Waals surface area contributed by atoms with Crippen molar-refractivity contribution < 1.29 is 9.90 Å². The molecular weight excluding hydrogens is 388 g/mol. The lowest BCUT2D eigenvalue weighted by molar-refractivity contribution is 0.0246. The van der Waals surface area contributed by atoms with Crippen molar-refractivity contribution in [1.82, 2.24) is 10.3 Å². The smallest absolute Gasteiger partial charge is 0.252 e. The molecule has 7 heteroatoms. The van der Waals surface area contributed by atoms with Gasteiger partial charge in [0.1, 0.15) is 0 Å². The average molecular weight is 421 g/mol. The second kappa shape index (κ2) is 10.8. The summed E-state index contributed by atoms with van der Waals surface area (Å²) < 4.78 is 0. The van der Waals surface area contributed by atoms with Gasteiger partial charge in [0.25, 0.3) is 5.91 Å². The molecule has 0 atom stereocenters. The second-order valence-electron chi connectivity index (χ2n) is 7.81. The van der Waals surface area contributed by atoms with Crippen molar-refractivity contribution in [3.05, 3.63) is 52.7 Å². The SMILES string of the molecule is C=C(/C=C(/C)N(N)CCN)c1ccc(Cl)c(C(=O)NCC2(O)CCCCCC2)c1. The van der Waals surface area contributed by atoms with Gasteiger partial charge in [-0.05, 0) is 49.1 Å². The molecular formula is C22H33ClN4O2. The lowest BCUT2D eigenvalue weighted by atomic mass is 9.94. The van der Waals surface area contributed by atoms with Crippen LogP contribution in [-0.2, 0) is 0 Å². The molecule has 0 unspecified atom stereocenters. The molecule has 0 bridgehead atoms. The minimum atomic E-state index is -0.840. The molecule has 29 heavy (non-hydrogen) atoms. The minimum absolute atomic E-state index is 0.230. The van der Waals surface area contributed by atoms with Crippen LogP contribution in [0.25, 0.3) is 5.57 Å². The van der Waals surface area contributed by atoms with Crippen LogP contribution in [0, 0.1) is 0 Å². The van der Waals surface area contributed by atoms with Gasteiger partial charge in [0.15, 0.2) is 0 Å². The quantitative estimate of drug-likeness (QED) is 0.224. The molecule has 0 spiro atoms. The van der Waals surface area contributed by atoms with E-state index < -0.39 is 5.60 Å². The number of carbonyl (C=O) groups excluding carboxylic acids is 1. The fourth-order valence-corrected chi connectivity index (χ4v) is 3.74. The van der Waals surface area contributed by atoms with Crippen molar-refractivity contribution in [2.24, 2.45) is 11.6 Å². The third-order valence-electron chi connectivity index (χ3n) is 5.40. The topological polar surface area (TPSA) is 105 Å². The van der Waals surface area contributed by atoms with E-state index in [1.165, 1.54) is 0 Å². The molecule has 1 amide bonds. The molecule has 0 saturated heterocycles. The van der Waals surface area contributed by atoms with Gasteiger partial charge in [-0.1, -0.05) is 49.9 Å². The lowest BCUT2D eigenvalue weighted by Gasteiger charge is -2.27. The van der Waals surface area contributed by atoms with Gasteiger partial charge in [-0.2, -0.15) is 0 Å². The van der Waals surface area contributed by atoms with Crippen LogP contribution in [0.2, 0.25) is 5.02 Å². The van der Waals surface area contributed by atoms with E-state index in [0.717, 1.165) is 36.9 Å². The molecule has 2 rings (SSSR count). The second-order valence-corrected chi connectivity index (χ2v) is 8.22. The number of benzene rings is 1. The summed E-state index contributed by atoms with van der Waals surface area (Å²) in [5, 5.41) is 15.5. The summed E-state index contributed by atoms with van der Waals surface area (Å²) in [5.74, 6) is 5.63. The number of nitrogens with two attached hydrogens (primary N) is 2. The first-order valence-corrected chi connectivity index (χ1v) is 10.5. The normalized spacial score (nSPS) is 16.8. The number of nitrogens with zero attached hydrogens (tertiary/aromatic N) is 1. The van der Waals surface area contributed by atoms with E-state index in [-0.39, 0.29) is 12.5 Å². The number of allylic oxidation sites excluding steroid dienone is 3. The zero-order chi connectivity index (χ0) is 21.4. The molecule has 1 aromatic rings. The molecule has 6 nitrogen and oxygen atoms in total. The van der Waals surface area contributed by atoms with Crippen LogP contribution in [0.3, 0.4) is 0 Å². The summed E-state index contributed by atoms with van der Waals surface area (Å²) in [6.45, 7) is 7.16. The highest BCUT2D eigenvalue weighted by atomic mass is 35.5. The van der Waals surface area contributed by atoms with Gasteiger partial charge in [-0.15, -0.1) is 0 Å². The summed E-state index contributed by atoms with van der Waals surface area (Å²) >= 11 is 6.26. The van der Waals surface area contributed by atoms with Crippen LogP contribution in [0.5, 0.6) is 0 Å². The van der Waals surface area contributed by atoms with Crippen LogP contribution in [0.4, 0.5) is 0 Å². The number of rotatable bonds is 8. The summed E-state index contributed by atoms with van der Waals surface area (Å²) in [7, 11) is 0. The Morgan fingerprint density at radius 3 is 2.62 bits per heavy atom. The molecule has 160 valence electrons. The Morgan fingerprint density at radius 2 is 2.00 bits per heavy atom. The van der Waals surface area contributed by atoms with Gasteiger partial charge in [-0.25, -0.2) is 5.84 Å². The molecule has 6 N–H and O–H groups in total. The number of hydrazine groups is 1. The molecule has 0 heterocycles. The number of hydrogen-bond donors (Lipinski definition) is 4. The van der Waals surface area contributed by atoms with E-state index in [0.29, 0.717) is 42.1 Å². The predicted octanol–water partition coefficient (Wildman–Crippen LogP) is 3.21. The Labute approximate surface area is 178 Å². The maximum absolute atomic E-state index is 12.7. The molecule has 0 aromatic heterocycles. The maximum Gasteiger partial charge on any atom is 0.252 e. The van der Waals surface area contributed by atoms with Crippen LogP contribution in [-0.4, -0.2) is 41.3 Å². The Hall–Kier alpha value is -1.86. The first-order valence-electron chi connectivity index (χ1n) is 10.2. The predicted molar refractivity (Wildman–Crippen MR) is 119 cm³/mol. The molecule has 0 aliphatic heterocycles. The first kappa shape index (κ1) is 23.4. The number of carbonyl (C=O) groups is 1. The van der Waals surface area contributed by atoms with Crippen molar-refractivity contribution in [2.45, 2.75) is 51.0 Å². The Morgan fingerprint density at radius 1 is 1.34 bits per heavy atom. The van der Waals surface area contributed by atoms with Gasteiger partial charge < -0.3 is 21.2 Å². The largest absolute Gasteiger partial charge is 0.388 e. The molecule has 1 saturated carbocycles. The number of nitrogens with one attached hydrogen (secondary N) is 1. The number of aliphatic hydroxyl groups is 1. The van der Waals surface area contributed by atoms with E-state index in [1.807, 2.05) is 19.1 Å². The highest BCUT2D eigenvalue weighted by Gasteiger charge is 2.28. The lowest BCUT2D eigenvalue weighted by Crippen LogP contribution is -2.42. The Bertz CT molecular complexity index is 755. The number of amides is 1. The van der Waals surface area contributed by atoms with Crippen LogP contribution < -0.4 is 16.9 Å². The summed E-state index contributed by atoms with van der Waals surface area (Å²) in [6, 6.07) is 5.21. The summed E-state index contributed by atoms with van der Waals surface area (Å²) in [6.07, 6.45) is 7.48. The molecule has 1 aliphatic rings. The van der Waals surface area contributed by atoms with Gasteiger partial charge in [0.2, 0.25) is 0 Å². The minimum Gasteiger partial charge on any atom is -0.388 e. The van der Waals surface area contributed by atoms with E-state index in [9.17, 15) is 9.90 Å². The van der Waals surface area contributed by atoms with E-state index in [2.05, 4.69) is 11.9 Å². The first-order chi connectivity index (χ1) is 13.8. The summed E-state index contributed by atoms with van der Waals surface area (Å²) in [4.78, 5) is 12.7. The molecule has 1 aromatic carbocycles. The highest BCUT2D eigenvalue weighted by molar-refractivity contribution is 6.33. The maximum atomic E-state index is 12.7. The fraction of sp³-hybridized carbons (Fsp3) is 0.500. The van der Waals surface area contributed by atoms with Crippen molar-refractivity contribution in [1.29, 1.82) is 0 Å². The standard InChI is InChI=1S/C22H33ClN4O2/c1-16(13-17(2)27(25)12-11-24)18-7-8-20(23)19(14-18)21(28)26-15-22(29)9-5-3-4-6-10-22/h7-8,13-14,29H,1,3-6,9-12,15,24-25H2,2H3,(H,26,28)/b17-13-. The molecule has 0 radical (unpaired) electrons. The third kappa shape index (κ3) is 6.85. The van der Waals surface area contributed by atoms with Crippen molar-refractivity contribution >= 4 is 23.1 Å². The van der Waals surface area contributed by atoms with Gasteiger partial charge in [-0.3, -0.25) is 4.79 Å². The van der Waals surface area contributed by atoms with Crippen LogP contribution >= 0.6 is 11.6 Å². The zero-order valence-corrected chi connectivity index (χ0v) is 18.0. The molecule has 1 aliphatic carbocycles. The monoisotopic (exact) mass is 420 g/mol. The average Bonchev–Trinajstić information content (AvgIpc) is 2.91. The van der Waals surface area contributed by atoms with Crippen LogP contribution in [0.1, 0.15) is 61.4 Å². The summed E-state index contributed by atoms with van der Waals surface area (Å²) in [5.41, 5.74) is 7.35. The van der Waals surface area contributed by atoms with Crippen molar-refractivity contribution in [2.75, 3.05) is 19.6 Å².